The van der Waals surface area contributed by atoms with Gasteiger partial charge in [-0.1, -0.05) is 12.0 Å². The maximum absolute atomic E-state index is 13.1. The highest BCUT2D eigenvalue weighted by atomic mass is 19.1. The van der Waals surface area contributed by atoms with Crippen molar-refractivity contribution < 1.29 is 9.18 Å². The quantitative estimate of drug-likeness (QED) is 0.838. The summed E-state index contributed by atoms with van der Waals surface area (Å²) in [4.78, 5) is 16.0. The van der Waals surface area contributed by atoms with Gasteiger partial charge in [-0.25, -0.2) is 9.37 Å². The molecule has 2 rings (SSSR count). The van der Waals surface area contributed by atoms with Crippen molar-refractivity contribution in [2.24, 2.45) is 0 Å². The number of aromatic nitrogens is 1. The van der Waals surface area contributed by atoms with E-state index < -0.39 is 0 Å². The Kier molecular flexibility index (Phi) is 4.30. The molecule has 1 heterocycles. The van der Waals surface area contributed by atoms with E-state index in [2.05, 4.69) is 21.5 Å². The van der Waals surface area contributed by atoms with Gasteiger partial charge in [0.2, 0.25) is 0 Å². The molecule has 0 aliphatic rings. The summed E-state index contributed by atoms with van der Waals surface area (Å²) >= 11 is 0. The minimum absolute atomic E-state index is 0.132. The topological polar surface area (TPSA) is 54.0 Å². The minimum Gasteiger partial charge on any atom is -0.341 e. The normalized spacial score (nSPS) is 9.60. The van der Waals surface area contributed by atoms with Gasteiger partial charge in [-0.15, -0.1) is 6.42 Å². The first-order valence-corrected chi connectivity index (χ1v) is 5.90. The minimum atomic E-state index is -0.371. The summed E-state index contributed by atoms with van der Waals surface area (Å²) in [5, 5.41) is 5.46. The Labute approximate surface area is 116 Å². The second kappa shape index (κ2) is 6.34. The number of rotatable bonds is 4. The van der Waals surface area contributed by atoms with Crippen molar-refractivity contribution in [2.75, 3.05) is 11.9 Å². The number of pyridine rings is 1. The van der Waals surface area contributed by atoms with E-state index >= 15 is 0 Å². The summed E-state index contributed by atoms with van der Waals surface area (Å²) in [6.45, 7) is 0.132. The Morgan fingerprint density at radius 2 is 2.20 bits per heavy atom. The molecule has 0 spiro atoms. The number of amides is 1. The third-order valence-corrected chi connectivity index (χ3v) is 2.49. The van der Waals surface area contributed by atoms with Crippen LogP contribution >= 0.6 is 0 Å². The summed E-state index contributed by atoms with van der Waals surface area (Å²) in [5.41, 5.74) is 0.849. The van der Waals surface area contributed by atoms with Gasteiger partial charge < -0.3 is 10.6 Å². The fourth-order valence-corrected chi connectivity index (χ4v) is 1.62. The van der Waals surface area contributed by atoms with Crippen LogP contribution in [0, 0.1) is 18.2 Å². The van der Waals surface area contributed by atoms with Crippen molar-refractivity contribution in [1.82, 2.24) is 10.3 Å². The molecule has 0 bridgehead atoms. The Morgan fingerprint density at radius 3 is 2.95 bits per heavy atom. The molecule has 4 nitrogen and oxygen atoms in total. The molecule has 0 aliphatic heterocycles. The van der Waals surface area contributed by atoms with Gasteiger partial charge in [0.25, 0.3) is 5.91 Å². The van der Waals surface area contributed by atoms with Gasteiger partial charge in [0.05, 0.1) is 12.1 Å². The van der Waals surface area contributed by atoms with Crippen LogP contribution in [0.5, 0.6) is 0 Å². The van der Waals surface area contributed by atoms with E-state index in [0.29, 0.717) is 17.1 Å². The molecule has 1 aromatic carbocycles. The van der Waals surface area contributed by atoms with E-state index in [-0.39, 0.29) is 18.3 Å². The van der Waals surface area contributed by atoms with Gasteiger partial charge >= 0.3 is 0 Å². The van der Waals surface area contributed by atoms with Crippen molar-refractivity contribution in [1.29, 1.82) is 0 Å². The average molecular weight is 269 g/mol. The van der Waals surface area contributed by atoms with Crippen LogP contribution < -0.4 is 10.6 Å². The second-order valence-corrected chi connectivity index (χ2v) is 3.92. The number of hydrogen-bond donors (Lipinski definition) is 2. The van der Waals surface area contributed by atoms with Crippen LogP contribution in [0.4, 0.5) is 15.9 Å². The Hall–Kier alpha value is -2.87. The second-order valence-electron chi connectivity index (χ2n) is 3.92. The highest BCUT2D eigenvalue weighted by Gasteiger charge is 2.11. The van der Waals surface area contributed by atoms with Crippen LogP contribution in [0.3, 0.4) is 0 Å². The number of nitrogens with zero attached hydrogens (tertiary/aromatic N) is 1. The third-order valence-electron chi connectivity index (χ3n) is 2.49. The van der Waals surface area contributed by atoms with E-state index in [4.69, 9.17) is 6.42 Å². The molecule has 0 aliphatic carbocycles. The average Bonchev–Trinajstić information content (AvgIpc) is 2.45. The van der Waals surface area contributed by atoms with Crippen molar-refractivity contribution >= 4 is 17.4 Å². The molecule has 100 valence electrons. The fraction of sp³-hybridized carbons (Fsp3) is 0.0667. The smallest absolute Gasteiger partial charge is 0.255 e. The zero-order chi connectivity index (χ0) is 14.4. The highest BCUT2D eigenvalue weighted by molar-refractivity contribution is 5.99. The molecule has 2 aromatic rings. The number of terminal acetylenes is 1. The zero-order valence-corrected chi connectivity index (χ0v) is 10.6. The van der Waals surface area contributed by atoms with Gasteiger partial charge in [0, 0.05) is 11.9 Å². The molecule has 0 saturated carbocycles. The van der Waals surface area contributed by atoms with E-state index in [1.807, 2.05) is 0 Å². The van der Waals surface area contributed by atoms with Crippen molar-refractivity contribution in [3.8, 4) is 12.3 Å². The molecule has 0 atom stereocenters. The molecule has 0 radical (unpaired) electrons. The lowest BCUT2D eigenvalue weighted by Gasteiger charge is -2.10. The monoisotopic (exact) mass is 269 g/mol. The van der Waals surface area contributed by atoms with E-state index in [1.165, 1.54) is 12.1 Å². The third kappa shape index (κ3) is 3.33. The van der Waals surface area contributed by atoms with E-state index in [0.717, 1.165) is 0 Å². The Morgan fingerprint density at radius 1 is 1.35 bits per heavy atom. The maximum atomic E-state index is 13.1. The molecule has 1 amide bonds. The van der Waals surface area contributed by atoms with E-state index in [1.54, 1.807) is 30.5 Å². The fourth-order valence-electron chi connectivity index (χ4n) is 1.62. The largest absolute Gasteiger partial charge is 0.341 e. The lowest BCUT2D eigenvalue weighted by molar-refractivity contribution is 0.0959. The molecule has 20 heavy (non-hydrogen) atoms. The number of carbonyl (C=O) groups excluding carboxylic acids is 1. The summed E-state index contributed by atoms with van der Waals surface area (Å²) in [5.74, 6) is 1.95. The molecule has 2 N–H and O–H groups in total. The van der Waals surface area contributed by atoms with Crippen molar-refractivity contribution in [3.05, 3.63) is 54.0 Å². The van der Waals surface area contributed by atoms with Crippen LogP contribution in [0.2, 0.25) is 0 Å². The standard InChI is InChI=1S/C15H12FN3O/c1-2-8-18-15(20)13-7-4-9-17-14(13)19-12-6-3-5-11(16)10-12/h1,3-7,9-10H,8H2,(H,17,19)(H,18,20). The molecular formula is C15H12FN3O. The molecule has 0 saturated heterocycles. The lowest BCUT2D eigenvalue weighted by atomic mass is 10.2. The number of carbonyl (C=O) groups is 1. The first-order valence-electron chi connectivity index (χ1n) is 5.90. The number of nitrogens with one attached hydrogen (secondary N) is 2. The van der Waals surface area contributed by atoms with Gasteiger partial charge in [-0.3, -0.25) is 4.79 Å². The Balaban J connectivity index is 2.24. The summed E-state index contributed by atoms with van der Waals surface area (Å²) in [6.07, 6.45) is 6.64. The number of hydrogen-bond acceptors (Lipinski definition) is 3. The molecule has 5 heteroatoms. The predicted octanol–water partition coefficient (Wildman–Crippen LogP) is 2.33. The van der Waals surface area contributed by atoms with Crippen molar-refractivity contribution in [2.45, 2.75) is 0 Å². The number of anilines is 2. The lowest BCUT2D eigenvalue weighted by Crippen LogP contribution is -2.24. The van der Waals surface area contributed by atoms with Crippen LogP contribution in [0.1, 0.15) is 10.4 Å². The molecule has 0 unspecified atom stereocenters. The van der Waals surface area contributed by atoms with Crippen LogP contribution in [-0.4, -0.2) is 17.4 Å². The number of halogens is 1. The van der Waals surface area contributed by atoms with Gasteiger partial charge in [-0.05, 0) is 30.3 Å². The number of benzene rings is 1. The summed E-state index contributed by atoms with van der Waals surface area (Å²) in [6, 6.07) is 9.16. The highest BCUT2D eigenvalue weighted by Crippen LogP contribution is 2.18. The van der Waals surface area contributed by atoms with Crippen molar-refractivity contribution in [3.63, 3.8) is 0 Å². The van der Waals surface area contributed by atoms with Gasteiger partial charge in [-0.2, -0.15) is 0 Å². The maximum Gasteiger partial charge on any atom is 0.255 e. The van der Waals surface area contributed by atoms with Crippen LogP contribution in [0.25, 0.3) is 0 Å². The first kappa shape index (κ1) is 13.6. The van der Waals surface area contributed by atoms with Crippen LogP contribution in [0.15, 0.2) is 42.6 Å². The van der Waals surface area contributed by atoms with Gasteiger partial charge in [0.15, 0.2) is 0 Å². The molecule has 1 aromatic heterocycles. The van der Waals surface area contributed by atoms with E-state index in [9.17, 15) is 9.18 Å². The SMILES string of the molecule is C#CCNC(=O)c1cccnc1Nc1cccc(F)c1. The predicted molar refractivity (Wildman–Crippen MR) is 75.1 cm³/mol. The molecule has 0 fully saturated rings. The summed E-state index contributed by atoms with van der Waals surface area (Å²) in [7, 11) is 0. The molecular weight excluding hydrogens is 257 g/mol. The Bertz CT molecular complexity index is 664. The van der Waals surface area contributed by atoms with Crippen LogP contribution in [-0.2, 0) is 0 Å². The zero-order valence-electron chi connectivity index (χ0n) is 10.6. The first-order chi connectivity index (χ1) is 9.70. The summed E-state index contributed by atoms with van der Waals surface area (Å²) < 4.78 is 13.1. The van der Waals surface area contributed by atoms with Gasteiger partial charge in [0.1, 0.15) is 11.6 Å².